The van der Waals surface area contributed by atoms with Crippen LogP contribution in [0.3, 0.4) is 0 Å². The Kier molecular flexibility index (Phi) is 4.56. The molecule has 0 spiro atoms. The van der Waals surface area contributed by atoms with E-state index in [-0.39, 0.29) is 11.9 Å². The van der Waals surface area contributed by atoms with Gasteiger partial charge in [0.1, 0.15) is 0 Å². The molecule has 1 aromatic carbocycles. The first-order chi connectivity index (χ1) is 9.09. The molecule has 1 saturated heterocycles. The van der Waals surface area contributed by atoms with Gasteiger partial charge in [-0.1, -0.05) is 32.0 Å². The van der Waals surface area contributed by atoms with Gasteiger partial charge in [0.25, 0.3) is 0 Å². The number of carbonyl (C=O) groups is 1. The van der Waals surface area contributed by atoms with Crippen molar-refractivity contribution in [3.63, 3.8) is 0 Å². The van der Waals surface area contributed by atoms with Gasteiger partial charge >= 0.3 is 0 Å². The summed E-state index contributed by atoms with van der Waals surface area (Å²) in [6.45, 7) is 8.77. The SMILES string of the molecule is Cc1cccc(C(C)C)c1NC(=O)C1CNCCN1. The molecule has 0 bridgehead atoms. The Morgan fingerprint density at radius 1 is 1.37 bits per heavy atom. The average Bonchev–Trinajstić information content (AvgIpc) is 2.41. The zero-order valence-corrected chi connectivity index (χ0v) is 11.9. The number of hydrogen-bond acceptors (Lipinski definition) is 3. The van der Waals surface area contributed by atoms with E-state index in [9.17, 15) is 4.79 Å². The number of rotatable bonds is 3. The zero-order chi connectivity index (χ0) is 13.8. The van der Waals surface area contributed by atoms with Crippen molar-refractivity contribution in [3.05, 3.63) is 29.3 Å². The fourth-order valence-electron chi connectivity index (χ4n) is 2.39. The summed E-state index contributed by atoms with van der Waals surface area (Å²) >= 11 is 0. The Morgan fingerprint density at radius 2 is 2.16 bits per heavy atom. The minimum atomic E-state index is -0.145. The summed E-state index contributed by atoms with van der Waals surface area (Å²) in [5.41, 5.74) is 3.27. The maximum Gasteiger partial charge on any atom is 0.242 e. The molecule has 19 heavy (non-hydrogen) atoms. The van der Waals surface area contributed by atoms with Gasteiger partial charge < -0.3 is 16.0 Å². The van der Waals surface area contributed by atoms with Crippen LogP contribution in [0.1, 0.15) is 30.9 Å². The standard InChI is InChI=1S/C15H23N3O/c1-10(2)12-6-4-5-11(3)14(12)18-15(19)13-9-16-7-8-17-13/h4-6,10,13,16-17H,7-9H2,1-3H3,(H,18,19). The third kappa shape index (κ3) is 3.33. The largest absolute Gasteiger partial charge is 0.324 e. The Morgan fingerprint density at radius 3 is 2.79 bits per heavy atom. The lowest BCUT2D eigenvalue weighted by Gasteiger charge is -2.25. The summed E-state index contributed by atoms with van der Waals surface area (Å²) in [6, 6.07) is 6.02. The molecule has 1 unspecified atom stereocenters. The molecule has 1 fully saturated rings. The smallest absolute Gasteiger partial charge is 0.242 e. The lowest BCUT2D eigenvalue weighted by Crippen LogP contribution is -2.54. The van der Waals surface area contributed by atoms with Crippen LogP contribution in [-0.2, 0) is 4.79 Å². The average molecular weight is 261 g/mol. The number of nitrogens with one attached hydrogen (secondary N) is 3. The van der Waals surface area contributed by atoms with Crippen LogP contribution in [0, 0.1) is 6.92 Å². The lowest BCUT2D eigenvalue weighted by molar-refractivity contribution is -0.118. The highest BCUT2D eigenvalue weighted by Crippen LogP contribution is 2.27. The van der Waals surface area contributed by atoms with Crippen molar-refractivity contribution in [3.8, 4) is 0 Å². The molecule has 1 aromatic rings. The Balaban J connectivity index is 2.15. The summed E-state index contributed by atoms with van der Waals surface area (Å²) < 4.78 is 0. The zero-order valence-electron chi connectivity index (χ0n) is 11.9. The number of hydrogen-bond donors (Lipinski definition) is 3. The first-order valence-electron chi connectivity index (χ1n) is 6.94. The van der Waals surface area contributed by atoms with E-state index in [2.05, 4.69) is 35.9 Å². The summed E-state index contributed by atoms with van der Waals surface area (Å²) in [5.74, 6) is 0.441. The normalized spacial score (nSPS) is 19.5. The molecule has 0 aliphatic carbocycles. The van der Waals surface area contributed by atoms with E-state index in [4.69, 9.17) is 0 Å². The molecular weight excluding hydrogens is 238 g/mol. The van der Waals surface area contributed by atoms with Crippen LogP contribution in [0.2, 0.25) is 0 Å². The van der Waals surface area contributed by atoms with Gasteiger partial charge in [-0.2, -0.15) is 0 Å². The van der Waals surface area contributed by atoms with E-state index < -0.39 is 0 Å². The highest BCUT2D eigenvalue weighted by molar-refractivity contribution is 5.96. The maximum atomic E-state index is 12.3. The predicted octanol–water partition coefficient (Wildman–Crippen LogP) is 1.62. The van der Waals surface area contributed by atoms with Crippen LogP contribution in [0.15, 0.2) is 18.2 Å². The summed E-state index contributed by atoms with van der Waals surface area (Å²) in [5, 5.41) is 9.55. The monoisotopic (exact) mass is 261 g/mol. The third-order valence-corrected chi connectivity index (χ3v) is 3.53. The maximum absolute atomic E-state index is 12.3. The van der Waals surface area contributed by atoms with Gasteiger partial charge in [0, 0.05) is 25.3 Å². The highest BCUT2D eigenvalue weighted by Gasteiger charge is 2.21. The molecule has 3 N–H and O–H groups in total. The second-order valence-electron chi connectivity index (χ2n) is 5.39. The Bertz CT molecular complexity index is 451. The van der Waals surface area contributed by atoms with Crippen LogP contribution in [0.4, 0.5) is 5.69 Å². The van der Waals surface area contributed by atoms with Crippen molar-refractivity contribution in [2.24, 2.45) is 0 Å². The van der Waals surface area contributed by atoms with E-state index in [1.807, 2.05) is 19.1 Å². The topological polar surface area (TPSA) is 53.2 Å². The second-order valence-corrected chi connectivity index (χ2v) is 5.39. The van der Waals surface area contributed by atoms with E-state index in [1.54, 1.807) is 0 Å². The summed E-state index contributed by atoms with van der Waals surface area (Å²) in [7, 11) is 0. The fraction of sp³-hybridized carbons (Fsp3) is 0.533. The lowest BCUT2D eigenvalue weighted by atomic mass is 9.98. The van der Waals surface area contributed by atoms with E-state index in [1.165, 1.54) is 5.56 Å². The van der Waals surface area contributed by atoms with Crippen LogP contribution in [-0.4, -0.2) is 31.6 Å². The molecule has 2 rings (SSSR count). The predicted molar refractivity (Wildman–Crippen MR) is 78.6 cm³/mol. The van der Waals surface area contributed by atoms with E-state index >= 15 is 0 Å². The molecule has 4 nitrogen and oxygen atoms in total. The van der Waals surface area contributed by atoms with Crippen molar-refractivity contribution >= 4 is 11.6 Å². The van der Waals surface area contributed by atoms with Gasteiger partial charge in [-0.05, 0) is 24.0 Å². The number of para-hydroxylation sites is 1. The van der Waals surface area contributed by atoms with Crippen LogP contribution >= 0.6 is 0 Å². The van der Waals surface area contributed by atoms with Gasteiger partial charge in [-0.25, -0.2) is 0 Å². The molecule has 4 heteroatoms. The van der Waals surface area contributed by atoms with Gasteiger partial charge in [0.15, 0.2) is 0 Å². The molecule has 1 aliphatic rings. The van der Waals surface area contributed by atoms with Crippen LogP contribution in [0.5, 0.6) is 0 Å². The fourth-order valence-corrected chi connectivity index (χ4v) is 2.39. The highest BCUT2D eigenvalue weighted by atomic mass is 16.2. The van der Waals surface area contributed by atoms with Gasteiger partial charge in [-0.3, -0.25) is 4.79 Å². The molecular formula is C15H23N3O. The van der Waals surface area contributed by atoms with Gasteiger partial charge in [0.2, 0.25) is 5.91 Å². The van der Waals surface area contributed by atoms with Crippen molar-refractivity contribution in [1.82, 2.24) is 10.6 Å². The van der Waals surface area contributed by atoms with Gasteiger partial charge in [-0.15, -0.1) is 0 Å². The first-order valence-corrected chi connectivity index (χ1v) is 6.94. The molecule has 1 aliphatic heterocycles. The molecule has 104 valence electrons. The minimum Gasteiger partial charge on any atom is -0.324 e. The number of benzene rings is 1. The minimum absolute atomic E-state index is 0.0448. The molecule has 0 saturated carbocycles. The van der Waals surface area contributed by atoms with Crippen molar-refractivity contribution in [2.75, 3.05) is 25.0 Å². The molecule has 1 amide bonds. The quantitative estimate of drug-likeness (QED) is 0.775. The van der Waals surface area contributed by atoms with Crippen molar-refractivity contribution in [2.45, 2.75) is 32.7 Å². The number of aryl methyl sites for hydroxylation is 1. The van der Waals surface area contributed by atoms with Gasteiger partial charge in [0.05, 0.1) is 6.04 Å². The second kappa shape index (κ2) is 6.17. The molecule has 0 radical (unpaired) electrons. The number of anilines is 1. The summed E-state index contributed by atoms with van der Waals surface area (Å²) in [6.07, 6.45) is 0. The number of amides is 1. The Hall–Kier alpha value is -1.39. The first kappa shape index (κ1) is 14.0. The van der Waals surface area contributed by atoms with Crippen LogP contribution < -0.4 is 16.0 Å². The number of carbonyl (C=O) groups excluding carboxylic acids is 1. The third-order valence-electron chi connectivity index (χ3n) is 3.53. The Labute approximate surface area is 115 Å². The van der Waals surface area contributed by atoms with Crippen LogP contribution in [0.25, 0.3) is 0 Å². The molecule has 1 atom stereocenters. The molecule has 0 aromatic heterocycles. The van der Waals surface area contributed by atoms with E-state index in [0.29, 0.717) is 12.5 Å². The molecule has 1 heterocycles. The number of piperazine rings is 1. The van der Waals surface area contributed by atoms with E-state index in [0.717, 1.165) is 24.3 Å². The van der Waals surface area contributed by atoms with Crippen molar-refractivity contribution in [1.29, 1.82) is 0 Å². The van der Waals surface area contributed by atoms with Crippen molar-refractivity contribution < 1.29 is 4.79 Å². The summed E-state index contributed by atoms with van der Waals surface area (Å²) in [4.78, 5) is 12.3.